The molecule has 3 nitrogen and oxygen atoms in total. The smallest absolute Gasteiger partial charge is 0.457 e. The van der Waals surface area contributed by atoms with Gasteiger partial charge in [0.05, 0.1) is 11.2 Å². The highest BCUT2D eigenvalue weighted by atomic mass is 28.3. The highest BCUT2D eigenvalue weighted by Crippen LogP contribution is 2.41. The molecule has 0 bridgehead atoms. The van der Waals surface area contributed by atoms with Crippen molar-refractivity contribution in [1.29, 1.82) is 0 Å². The van der Waals surface area contributed by atoms with E-state index in [9.17, 15) is 0 Å². The standard InChI is InChI=1S/C29H41BO3Si/c1-21(2)34(22(3)4,23(5)6)19-18-24-12-11-13-27(20-24)31-26-16-14-25(15-17-26)30-32-28(7,8)29(9,10)33-30/h11-17,20-23H,1-10H3. The molecule has 0 saturated carbocycles. The molecule has 1 heterocycles. The van der Waals surface area contributed by atoms with Gasteiger partial charge in [-0.3, -0.25) is 0 Å². The minimum atomic E-state index is -1.77. The summed E-state index contributed by atoms with van der Waals surface area (Å²) in [7, 11) is -2.14. The van der Waals surface area contributed by atoms with Gasteiger partial charge >= 0.3 is 7.12 Å². The molecule has 1 aliphatic heterocycles. The van der Waals surface area contributed by atoms with Gasteiger partial charge < -0.3 is 14.0 Å². The maximum absolute atomic E-state index is 6.15. The zero-order valence-corrected chi connectivity index (χ0v) is 23.7. The van der Waals surface area contributed by atoms with Gasteiger partial charge in [0.1, 0.15) is 19.6 Å². The largest absolute Gasteiger partial charge is 0.494 e. The molecule has 0 atom stereocenters. The van der Waals surface area contributed by atoms with Crippen LogP contribution in [-0.2, 0) is 9.31 Å². The lowest BCUT2D eigenvalue weighted by atomic mass is 9.79. The van der Waals surface area contributed by atoms with E-state index in [-0.39, 0.29) is 18.3 Å². The maximum atomic E-state index is 6.15. The van der Waals surface area contributed by atoms with Crippen molar-refractivity contribution >= 4 is 20.7 Å². The summed E-state index contributed by atoms with van der Waals surface area (Å²) in [6.07, 6.45) is 0. The first-order valence-electron chi connectivity index (χ1n) is 12.5. The molecule has 3 rings (SSSR count). The molecule has 34 heavy (non-hydrogen) atoms. The zero-order valence-electron chi connectivity index (χ0n) is 22.7. The minimum Gasteiger partial charge on any atom is -0.457 e. The molecule has 1 saturated heterocycles. The molecule has 1 fully saturated rings. The summed E-state index contributed by atoms with van der Waals surface area (Å²) in [5.74, 6) is 5.09. The Morgan fingerprint density at radius 3 is 1.79 bits per heavy atom. The zero-order chi connectivity index (χ0) is 25.3. The molecule has 0 N–H and O–H groups in total. The van der Waals surface area contributed by atoms with Crippen LogP contribution in [0.15, 0.2) is 48.5 Å². The molecule has 1 aliphatic rings. The highest BCUT2D eigenvalue weighted by Gasteiger charge is 2.51. The summed E-state index contributed by atoms with van der Waals surface area (Å²) < 4.78 is 18.5. The van der Waals surface area contributed by atoms with Crippen LogP contribution < -0.4 is 10.2 Å². The molecule has 182 valence electrons. The van der Waals surface area contributed by atoms with Crippen LogP contribution in [0.5, 0.6) is 11.5 Å². The first-order valence-corrected chi connectivity index (χ1v) is 14.8. The predicted octanol–water partition coefficient (Wildman–Crippen LogP) is 7.35. The van der Waals surface area contributed by atoms with Gasteiger partial charge in [0, 0.05) is 5.56 Å². The van der Waals surface area contributed by atoms with E-state index in [0.29, 0.717) is 16.6 Å². The van der Waals surface area contributed by atoms with E-state index >= 15 is 0 Å². The average molecular weight is 477 g/mol. The Bertz CT molecular complexity index is 1010. The quantitative estimate of drug-likeness (QED) is 0.322. The summed E-state index contributed by atoms with van der Waals surface area (Å²) in [6, 6.07) is 16.0. The molecule has 0 amide bonds. The number of rotatable bonds is 6. The second-order valence-electron chi connectivity index (χ2n) is 11.4. The second-order valence-corrected chi connectivity index (χ2v) is 17.0. The number of benzene rings is 2. The number of ether oxygens (including phenoxy) is 1. The van der Waals surface area contributed by atoms with Crippen molar-refractivity contribution < 1.29 is 14.0 Å². The average Bonchev–Trinajstić information content (AvgIpc) is 2.95. The van der Waals surface area contributed by atoms with Crippen molar-refractivity contribution in [2.24, 2.45) is 0 Å². The molecular weight excluding hydrogens is 435 g/mol. The Hall–Kier alpha value is -2.00. The molecule has 2 aromatic rings. The number of hydrogen-bond acceptors (Lipinski definition) is 3. The Kier molecular flexibility index (Phi) is 7.77. The van der Waals surface area contributed by atoms with Crippen molar-refractivity contribution in [3.63, 3.8) is 0 Å². The molecule has 5 heteroatoms. The van der Waals surface area contributed by atoms with Crippen LogP contribution in [0.25, 0.3) is 0 Å². The SMILES string of the molecule is CC(C)[Si](C#Cc1cccc(Oc2ccc(B3OC(C)(C)C(C)(C)O3)cc2)c1)(C(C)C)C(C)C. The Morgan fingerprint density at radius 2 is 1.29 bits per heavy atom. The Morgan fingerprint density at radius 1 is 0.765 bits per heavy atom. The van der Waals surface area contributed by atoms with Crippen LogP contribution in [-0.4, -0.2) is 26.4 Å². The second kappa shape index (κ2) is 9.93. The minimum absolute atomic E-state index is 0.352. The summed E-state index contributed by atoms with van der Waals surface area (Å²) >= 11 is 0. The molecule has 0 unspecified atom stereocenters. The fraction of sp³-hybridized carbons (Fsp3) is 0.517. The van der Waals surface area contributed by atoms with Crippen molar-refractivity contribution in [2.45, 2.75) is 97.1 Å². The Labute approximate surface area is 208 Å². The van der Waals surface area contributed by atoms with Crippen LogP contribution >= 0.6 is 0 Å². The topological polar surface area (TPSA) is 27.7 Å². The van der Waals surface area contributed by atoms with Gasteiger partial charge in [-0.15, -0.1) is 5.54 Å². The van der Waals surface area contributed by atoms with E-state index in [1.165, 1.54) is 0 Å². The third kappa shape index (κ3) is 5.30. The first-order chi connectivity index (χ1) is 15.8. The maximum Gasteiger partial charge on any atom is 0.494 e. The van der Waals surface area contributed by atoms with E-state index in [0.717, 1.165) is 22.5 Å². The molecule has 0 radical (unpaired) electrons. The van der Waals surface area contributed by atoms with Crippen LogP contribution in [0.3, 0.4) is 0 Å². The fourth-order valence-electron chi connectivity index (χ4n) is 5.06. The van der Waals surface area contributed by atoms with E-state index in [1.54, 1.807) is 0 Å². The number of hydrogen-bond donors (Lipinski definition) is 0. The van der Waals surface area contributed by atoms with Gasteiger partial charge in [0.2, 0.25) is 0 Å². The van der Waals surface area contributed by atoms with Crippen molar-refractivity contribution in [1.82, 2.24) is 0 Å². The third-order valence-electron chi connectivity index (χ3n) is 7.76. The van der Waals surface area contributed by atoms with Gasteiger partial charge in [0.25, 0.3) is 0 Å². The van der Waals surface area contributed by atoms with Crippen molar-refractivity contribution in [2.75, 3.05) is 0 Å². The van der Waals surface area contributed by atoms with Gasteiger partial charge in [0.15, 0.2) is 0 Å². The fourth-order valence-corrected chi connectivity index (χ4v) is 10.3. The first kappa shape index (κ1) is 26.6. The Balaban J connectivity index is 1.76. The van der Waals surface area contributed by atoms with E-state index in [4.69, 9.17) is 14.0 Å². The van der Waals surface area contributed by atoms with Gasteiger partial charge in [-0.05, 0) is 80.1 Å². The van der Waals surface area contributed by atoms with Crippen LogP contribution in [0.2, 0.25) is 16.6 Å². The molecule has 2 aromatic carbocycles. The normalized spacial score (nSPS) is 17.3. The summed E-state index contributed by atoms with van der Waals surface area (Å²) in [4.78, 5) is 0. The summed E-state index contributed by atoms with van der Waals surface area (Å²) in [6.45, 7) is 22.3. The molecular formula is C29H41BO3Si. The van der Waals surface area contributed by atoms with Crippen LogP contribution in [0.4, 0.5) is 0 Å². The molecule has 0 aromatic heterocycles. The van der Waals surface area contributed by atoms with Gasteiger partial charge in [-0.1, -0.05) is 65.7 Å². The third-order valence-corrected chi connectivity index (χ3v) is 14.1. The lowest BCUT2D eigenvalue weighted by Gasteiger charge is -2.38. The molecule has 0 spiro atoms. The van der Waals surface area contributed by atoms with Crippen LogP contribution in [0, 0.1) is 11.5 Å². The predicted molar refractivity (Wildman–Crippen MR) is 147 cm³/mol. The molecule has 0 aliphatic carbocycles. The highest BCUT2D eigenvalue weighted by molar-refractivity contribution is 6.90. The van der Waals surface area contributed by atoms with E-state index in [2.05, 4.69) is 86.8 Å². The van der Waals surface area contributed by atoms with Crippen molar-refractivity contribution in [3.8, 4) is 23.0 Å². The van der Waals surface area contributed by atoms with E-state index in [1.807, 2.05) is 42.5 Å². The monoisotopic (exact) mass is 476 g/mol. The van der Waals surface area contributed by atoms with Gasteiger partial charge in [-0.2, -0.15) is 0 Å². The summed E-state index contributed by atoms with van der Waals surface area (Å²) in [5, 5.41) is 0. The van der Waals surface area contributed by atoms with Crippen LogP contribution in [0.1, 0.15) is 74.8 Å². The van der Waals surface area contributed by atoms with E-state index < -0.39 is 8.07 Å². The summed E-state index contributed by atoms with van der Waals surface area (Å²) in [5.41, 5.74) is 6.93. The lowest BCUT2D eigenvalue weighted by Crippen LogP contribution is -2.43. The lowest BCUT2D eigenvalue weighted by molar-refractivity contribution is 0.00578. The van der Waals surface area contributed by atoms with Gasteiger partial charge in [-0.25, -0.2) is 0 Å². The van der Waals surface area contributed by atoms with Crippen molar-refractivity contribution in [3.05, 3.63) is 54.1 Å².